The summed E-state index contributed by atoms with van der Waals surface area (Å²) in [6, 6.07) is 4.94. The molecule has 16 heavy (non-hydrogen) atoms. The molecule has 0 aliphatic carbocycles. The molecule has 0 bridgehead atoms. The van der Waals surface area contributed by atoms with Crippen molar-refractivity contribution in [1.29, 1.82) is 0 Å². The molecule has 0 spiro atoms. The highest BCUT2D eigenvalue weighted by Crippen LogP contribution is 2.29. The number of halogens is 1. The van der Waals surface area contributed by atoms with E-state index < -0.39 is 4.92 Å². The lowest BCUT2D eigenvalue weighted by atomic mass is 10.2. The van der Waals surface area contributed by atoms with E-state index in [0.29, 0.717) is 0 Å². The van der Waals surface area contributed by atoms with Crippen LogP contribution in [-0.4, -0.2) is 31.1 Å². The van der Waals surface area contributed by atoms with Crippen LogP contribution in [0.4, 0.5) is 11.4 Å². The highest BCUT2D eigenvalue weighted by molar-refractivity contribution is 6.32. The molecule has 1 saturated heterocycles. The highest BCUT2D eigenvalue weighted by Gasteiger charge is 2.17. The fraction of sp³-hybridized carbons (Fsp3) is 0.400. The zero-order valence-electron chi connectivity index (χ0n) is 8.65. The predicted octanol–water partition coefficient (Wildman–Crippen LogP) is 1.66. The van der Waals surface area contributed by atoms with Gasteiger partial charge in [-0.1, -0.05) is 11.6 Å². The maximum atomic E-state index is 10.7. The highest BCUT2D eigenvalue weighted by atomic mass is 35.5. The second-order valence-electron chi connectivity index (χ2n) is 3.63. The van der Waals surface area contributed by atoms with Crippen molar-refractivity contribution in [2.75, 3.05) is 31.1 Å². The Morgan fingerprint density at radius 2 is 2.06 bits per heavy atom. The van der Waals surface area contributed by atoms with Crippen LogP contribution in [0.15, 0.2) is 18.2 Å². The molecule has 1 N–H and O–H groups in total. The van der Waals surface area contributed by atoms with Gasteiger partial charge in [-0.2, -0.15) is 0 Å². The van der Waals surface area contributed by atoms with Gasteiger partial charge in [0.25, 0.3) is 5.69 Å². The molecule has 0 radical (unpaired) electrons. The van der Waals surface area contributed by atoms with E-state index in [-0.39, 0.29) is 10.7 Å². The summed E-state index contributed by atoms with van der Waals surface area (Å²) in [5.41, 5.74) is 0.829. The molecule has 0 saturated carbocycles. The number of piperazine rings is 1. The summed E-state index contributed by atoms with van der Waals surface area (Å²) in [6.45, 7) is 3.52. The van der Waals surface area contributed by atoms with Crippen LogP contribution in [-0.2, 0) is 0 Å². The molecule has 0 atom stereocenters. The molecule has 0 aromatic heterocycles. The van der Waals surface area contributed by atoms with Gasteiger partial charge in [0, 0.05) is 37.9 Å². The lowest BCUT2D eigenvalue weighted by Gasteiger charge is -2.29. The molecule has 1 heterocycles. The topological polar surface area (TPSA) is 58.4 Å². The van der Waals surface area contributed by atoms with Crippen molar-refractivity contribution in [1.82, 2.24) is 5.32 Å². The largest absolute Gasteiger partial charge is 0.369 e. The van der Waals surface area contributed by atoms with Gasteiger partial charge < -0.3 is 10.2 Å². The van der Waals surface area contributed by atoms with Crippen molar-refractivity contribution in [2.45, 2.75) is 0 Å². The first-order valence-corrected chi connectivity index (χ1v) is 5.46. The van der Waals surface area contributed by atoms with Crippen molar-refractivity contribution in [3.63, 3.8) is 0 Å². The molecule has 0 unspecified atom stereocenters. The fourth-order valence-electron chi connectivity index (χ4n) is 1.76. The van der Waals surface area contributed by atoms with Gasteiger partial charge in [-0.05, 0) is 12.1 Å². The third kappa shape index (κ3) is 2.25. The number of hydrogen-bond acceptors (Lipinski definition) is 4. The second-order valence-corrected chi connectivity index (χ2v) is 4.04. The summed E-state index contributed by atoms with van der Waals surface area (Å²) in [6.07, 6.45) is 0. The number of nitrogens with zero attached hydrogens (tertiary/aromatic N) is 2. The van der Waals surface area contributed by atoms with Crippen molar-refractivity contribution in [3.05, 3.63) is 33.3 Å². The molecule has 5 nitrogen and oxygen atoms in total. The first-order chi connectivity index (χ1) is 7.68. The molecule has 6 heteroatoms. The van der Waals surface area contributed by atoms with Crippen LogP contribution in [0.5, 0.6) is 0 Å². The SMILES string of the molecule is O=[N+]([O-])c1cc(N2CCNCC2)ccc1Cl. The Labute approximate surface area is 98.2 Å². The van der Waals surface area contributed by atoms with Crippen LogP contribution in [0.25, 0.3) is 0 Å². The van der Waals surface area contributed by atoms with Gasteiger partial charge in [-0.25, -0.2) is 0 Å². The minimum atomic E-state index is -0.450. The Kier molecular flexibility index (Phi) is 3.26. The zero-order chi connectivity index (χ0) is 11.5. The maximum absolute atomic E-state index is 10.7. The average molecular weight is 242 g/mol. The Hall–Kier alpha value is -1.33. The van der Waals surface area contributed by atoms with E-state index in [1.165, 1.54) is 6.07 Å². The first-order valence-electron chi connectivity index (χ1n) is 5.08. The Bertz CT molecular complexity index is 405. The number of benzene rings is 1. The minimum absolute atomic E-state index is 0.0299. The Morgan fingerprint density at radius 3 is 2.69 bits per heavy atom. The Balaban J connectivity index is 2.27. The van der Waals surface area contributed by atoms with Crippen LogP contribution in [0.3, 0.4) is 0 Å². The molecule has 1 aromatic rings. The number of nitro benzene ring substituents is 1. The summed E-state index contributed by atoms with van der Waals surface area (Å²) >= 11 is 5.76. The predicted molar refractivity (Wildman–Crippen MR) is 63.2 cm³/mol. The maximum Gasteiger partial charge on any atom is 0.289 e. The van der Waals surface area contributed by atoms with Gasteiger partial charge >= 0.3 is 0 Å². The molecule has 1 aliphatic heterocycles. The quantitative estimate of drug-likeness (QED) is 0.632. The molecule has 1 aromatic carbocycles. The van der Waals surface area contributed by atoms with Crippen molar-refractivity contribution < 1.29 is 4.92 Å². The summed E-state index contributed by atoms with van der Waals surface area (Å²) in [5, 5.41) is 14.2. The number of nitro groups is 1. The monoisotopic (exact) mass is 241 g/mol. The molecule has 0 amide bonds. The van der Waals surface area contributed by atoms with Gasteiger partial charge in [-0.15, -0.1) is 0 Å². The van der Waals surface area contributed by atoms with Gasteiger partial charge in [0.1, 0.15) is 5.02 Å². The van der Waals surface area contributed by atoms with E-state index in [2.05, 4.69) is 10.2 Å². The summed E-state index contributed by atoms with van der Waals surface area (Å²) in [5.74, 6) is 0. The number of anilines is 1. The van der Waals surface area contributed by atoms with Crippen molar-refractivity contribution >= 4 is 23.0 Å². The van der Waals surface area contributed by atoms with Crippen molar-refractivity contribution in [2.24, 2.45) is 0 Å². The van der Waals surface area contributed by atoms with E-state index in [1.54, 1.807) is 6.07 Å². The average Bonchev–Trinajstić information content (AvgIpc) is 2.30. The molecule has 86 valence electrons. The summed E-state index contributed by atoms with van der Waals surface area (Å²) in [7, 11) is 0. The van der Waals surface area contributed by atoms with E-state index in [9.17, 15) is 10.1 Å². The molecular formula is C10H12ClN3O2. The molecule has 1 fully saturated rings. The van der Waals surface area contributed by atoms with E-state index >= 15 is 0 Å². The zero-order valence-corrected chi connectivity index (χ0v) is 9.41. The van der Waals surface area contributed by atoms with E-state index in [0.717, 1.165) is 31.9 Å². The van der Waals surface area contributed by atoms with Gasteiger partial charge in [0.2, 0.25) is 0 Å². The summed E-state index contributed by atoms with van der Waals surface area (Å²) < 4.78 is 0. The van der Waals surface area contributed by atoms with Crippen LogP contribution in [0.2, 0.25) is 5.02 Å². The number of nitrogens with one attached hydrogen (secondary N) is 1. The summed E-state index contributed by atoms with van der Waals surface area (Å²) in [4.78, 5) is 12.4. The fourth-order valence-corrected chi connectivity index (χ4v) is 1.95. The molecule has 1 aliphatic rings. The first kappa shape index (κ1) is 11.2. The third-order valence-electron chi connectivity index (χ3n) is 2.61. The standard InChI is InChI=1S/C10H12ClN3O2/c11-9-2-1-8(7-10(9)14(15)16)13-5-3-12-4-6-13/h1-2,7,12H,3-6H2. The van der Waals surface area contributed by atoms with Gasteiger partial charge in [-0.3, -0.25) is 10.1 Å². The number of hydrogen-bond donors (Lipinski definition) is 1. The lowest BCUT2D eigenvalue weighted by Crippen LogP contribution is -2.43. The van der Waals surface area contributed by atoms with Crippen LogP contribution in [0, 0.1) is 10.1 Å². The second kappa shape index (κ2) is 4.67. The Morgan fingerprint density at radius 1 is 1.38 bits per heavy atom. The number of rotatable bonds is 2. The smallest absolute Gasteiger partial charge is 0.289 e. The van der Waals surface area contributed by atoms with Gasteiger partial charge in [0.05, 0.1) is 4.92 Å². The van der Waals surface area contributed by atoms with Crippen LogP contribution in [0.1, 0.15) is 0 Å². The third-order valence-corrected chi connectivity index (χ3v) is 2.93. The van der Waals surface area contributed by atoms with E-state index in [4.69, 9.17) is 11.6 Å². The normalized spacial score (nSPS) is 16.2. The van der Waals surface area contributed by atoms with E-state index in [1.807, 2.05) is 6.07 Å². The molecule has 2 rings (SSSR count). The lowest BCUT2D eigenvalue weighted by molar-refractivity contribution is -0.384. The van der Waals surface area contributed by atoms with Crippen LogP contribution < -0.4 is 10.2 Å². The van der Waals surface area contributed by atoms with Crippen LogP contribution >= 0.6 is 11.6 Å². The minimum Gasteiger partial charge on any atom is -0.369 e. The van der Waals surface area contributed by atoms with Crippen molar-refractivity contribution in [3.8, 4) is 0 Å². The van der Waals surface area contributed by atoms with Gasteiger partial charge in [0.15, 0.2) is 0 Å². The molecular weight excluding hydrogens is 230 g/mol.